The first-order valence-corrected chi connectivity index (χ1v) is 6.95. The van der Waals surface area contributed by atoms with Crippen molar-refractivity contribution in [3.63, 3.8) is 0 Å². The summed E-state index contributed by atoms with van der Waals surface area (Å²) in [6.07, 6.45) is 4.42. The Labute approximate surface area is 123 Å². The van der Waals surface area contributed by atoms with Gasteiger partial charge in [0.05, 0.1) is 5.52 Å². The van der Waals surface area contributed by atoms with E-state index in [2.05, 4.69) is 16.0 Å². The topological polar surface area (TPSA) is 61.0 Å². The smallest absolute Gasteiger partial charge is 0.222 e. The number of aromatic nitrogens is 2. The zero-order valence-corrected chi connectivity index (χ0v) is 11.9. The van der Waals surface area contributed by atoms with Crippen LogP contribution in [0.3, 0.4) is 0 Å². The molecule has 1 aromatic carbocycles. The van der Waals surface area contributed by atoms with E-state index < -0.39 is 0 Å². The number of rotatable bonds is 4. The van der Waals surface area contributed by atoms with Gasteiger partial charge in [0.15, 0.2) is 0 Å². The highest BCUT2D eigenvalue weighted by Crippen LogP contribution is 2.29. The van der Waals surface area contributed by atoms with E-state index in [0.717, 1.165) is 34.2 Å². The van der Waals surface area contributed by atoms with Crippen molar-refractivity contribution in [3.05, 3.63) is 59.9 Å². The number of benzene rings is 1. The zero-order valence-electron chi connectivity index (χ0n) is 11.9. The van der Waals surface area contributed by atoms with Crippen LogP contribution in [0.2, 0.25) is 0 Å². The molecule has 106 valence electrons. The third kappa shape index (κ3) is 2.85. The average molecular weight is 279 g/mol. The molecule has 21 heavy (non-hydrogen) atoms. The lowest BCUT2D eigenvalue weighted by atomic mass is 10.1. The molecular formula is C17H17N3O. The van der Waals surface area contributed by atoms with E-state index in [1.54, 1.807) is 6.20 Å². The molecule has 3 aromatic rings. The van der Waals surface area contributed by atoms with Crippen molar-refractivity contribution in [1.29, 1.82) is 0 Å². The van der Waals surface area contributed by atoms with Gasteiger partial charge in [-0.3, -0.25) is 4.98 Å². The fourth-order valence-corrected chi connectivity index (χ4v) is 2.30. The van der Waals surface area contributed by atoms with Gasteiger partial charge in [0.1, 0.15) is 5.75 Å². The van der Waals surface area contributed by atoms with Crippen LogP contribution in [0.4, 0.5) is 0 Å². The lowest BCUT2D eigenvalue weighted by molar-refractivity contribution is 0.463. The summed E-state index contributed by atoms with van der Waals surface area (Å²) >= 11 is 0. The molecule has 0 saturated carbocycles. The molecule has 0 spiro atoms. The summed E-state index contributed by atoms with van der Waals surface area (Å²) in [5, 5.41) is 0.979. The van der Waals surface area contributed by atoms with Crippen molar-refractivity contribution in [2.75, 3.05) is 6.54 Å². The van der Waals surface area contributed by atoms with Gasteiger partial charge < -0.3 is 10.5 Å². The Morgan fingerprint density at radius 2 is 2.05 bits per heavy atom. The molecule has 2 heterocycles. The van der Waals surface area contributed by atoms with Crippen LogP contribution in [-0.2, 0) is 6.42 Å². The number of fused-ring (bicyclic) bond motifs is 1. The molecule has 0 atom stereocenters. The predicted octanol–water partition coefficient (Wildman–Crippen LogP) is 3.23. The van der Waals surface area contributed by atoms with Crippen LogP contribution in [0.25, 0.3) is 10.9 Å². The maximum atomic E-state index is 5.97. The molecule has 0 aliphatic heterocycles. The molecule has 3 rings (SSSR count). The van der Waals surface area contributed by atoms with Gasteiger partial charge in [0.2, 0.25) is 5.88 Å². The predicted molar refractivity (Wildman–Crippen MR) is 83.5 cm³/mol. The quantitative estimate of drug-likeness (QED) is 0.796. The fraction of sp³-hybridized carbons (Fsp3) is 0.176. The third-order valence-electron chi connectivity index (χ3n) is 3.33. The van der Waals surface area contributed by atoms with E-state index in [4.69, 9.17) is 10.5 Å². The zero-order chi connectivity index (χ0) is 14.7. The Bertz CT molecular complexity index is 766. The van der Waals surface area contributed by atoms with Crippen LogP contribution in [0, 0.1) is 6.92 Å². The van der Waals surface area contributed by atoms with Crippen molar-refractivity contribution in [3.8, 4) is 11.6 Å². The monoisotopic (exact) mass is 279 g/mol. The first kappa shape index (κ1) is 13.5. The van der Waals surface area contributed by atoms with E-state index in [-0.39, 0.29) is 0 Å². The van der Waals surface area contributed by atoms with Gasteiger partial charge in [0.25, 0.3) is 0 Å². The average Bonchev–Trinajstić information content (AvgIpc) is 2.51. The molecule has 4 nitrogen and oxygen atoms in total. The molecule has 0 fully saturated rings. The van der Waals surface area contributed by atoms with Crippen LogP contribution in [0.15, 0.2) is 48.8 Å². The molecule has 0 amide bonds. The van der Waals surface area contributed by atoms with E-state index in [9.17, 15) is 0 Å². The second-order valence-corrected chi connectivity index (χ2v) is 4.93. The second-order valence-electron chi connectivity index (χ2n) is 4.93. The molecular weight excluding hydrogens is 262 g/mol. The summed E-state index contributed by atoms with van der Waals surface area (Å²) in [4.78, 5) is 8.73. The van der Waals surface area contributed by atoms with Crippen molar-refractivity contribution < 1.29 is 4.74 Å². The summed E-state index contributed by atoms with van der Waals surface area (Å²) in [5.74, 6) is 1.38. The highest BCUT2D eigenvalue weighted by Gasteiger charge is 2.07. The Morgan fingerprint density at radius 3 is 2.86 bits per heavy atom. The van der Waals surface area contributed by atoms with Gasteiger partial charge in [-0.25, -0.2) is 4.98 Å². The maximum Gasteiger partial charge on any atom is 0.222 e. The van der Waals surface area contributed by atoms with Crippen molar-refractivity contribution in [2.24, 2.45) is 5.73 Å². The molecule has 0 aliphatic rings. The van der Waals surface area contributed by atoms with Gasteiger partial charge in [-0.05, 0) is 55.8 Å². The molecule has 0 saturated heterocycles. The third-order valence-corrected chi connectivity index (χ3v) is 3.33. The van der Waals surface area contributed by atoms with Crippen LogP contribution in [0.5, 0.6) is 11.6 Å². The molecule has 4 heteroatoms. The largest absolute Gasteiger partial charge is 0.438 e. The molecule has 2 N–H and O–H groups in total. The number of nitrogens with two attached hydrogens (primary N) is 1. The van der Waals surface area contributed by atoms with Crippen molar-refractivity contribution in [2.45, 2.75) is 13.3 Å². The summed E-state index contributed by atoms with van der Waals surface area (Å²) in [5.41, 5.74) is 8.61. The lowest BCUT2D eigenvalue weighted by Gasteiger charge is -2.10. The number of hydrogen-bond donors (Lipinski definition) is 1. The maximum absolute atomic E-state index is 5.97. The first-order chi connectivity index (χ1) is 10.3. The van der Waals surface area contributed by atoms with Crippen LogP contribution < -0.4 is 10.5 Å². The molecule has 0 radical (unpaired) electrons. The summed E-state index contributed by atoms with van der Waals surface area (Å²) < 4.78 is 5.97. The summed E-state index contributed by atoms with van der Waals surface area (Å²) in [6.45, 7) is 2.61. The Morgan fingerprint density at radius 1 is 1.14 bits per heavy atom. The summed E-state index contributed by atoms with van der Waals surface area (Å²) in [6, 6.07) is 11.8. The van der Waals surface area contributed by atoms with Gasteiger partial charge in [0, 0.05) is 23.3 Å². The number of nitrogens with zero attached hydrogens (tertiary/aromatic N) is 2. The van der Waals surface area contributed by atoms with Crippen molar-refractivity contribution >= 4 is 10.9 Å². The fourth-order valence-electron chi connectivity index (χ4n) is 2.30. The lowest BCUT2D eigenvalue weighted by Crippen LogP contribution is -2.03. The Balaban J connectivity index is 1.95. The number of hydrogen-bond acceptors (Lipinski definition) is 4. The van der Waals surface area contributed by atoms with Gasteiger partial charge >= 0.3 is 0 Å². The molecule has 2 aromatic heterocycles. The minimum atomic E-state index is 0.618. The minimum Gasteiger partial charge on any atom is -0.438 e. The highest BCUT2D eigenvalue weighted by molar-refractivity contribution is 5.85. The van der Waals surface area contributed by atoms with Crippen molar-refractivity contribution in [1.82, 2.24) is 9.97 Å². The minimum absolute atomic E-state index is 0.618. The molecule has 0 aliphatic carbocycles. The van der Waals surface area contributed by atoms with E-state index in [1.807, 2.05) is 43.5 Å². The van der Waals surface area contributed by atoms with Crippen LogP contribution in [0.1, 0.15) is 11.1 Å². The van der Waals surface area contributed by atoms with E-state index >= 15 is 0 Å². The molecule has 0 bridgehead atoms. The van der Waals surface area contributed by atoms with E-state index in [1.165, 1.54) is 0 Å². The SMILES string of the molecule is Cc1cc(CCN)cnc1Oc1cccc2ncccc12. The van der Waals surface area contributed by atoms with E-state index in [0.29, 0.717) is 12.4 Å². The van der Waals surface area contributed by atoms with Gasteiger partial charge in [-0.2, -0.15) is 0 Å². The number of aryl methyl sites for hydroxylation is 1. The number of ether oxygens (including phenoxy) is 1. The standard InChI is InChI=1S/C17H17N3O/c1-12-10-13(7-8-18)11-20-17(12)21-16-6-2-5-15-14(16)4-3-9-19-15/h2-6,9-11H,7-8,18H2,1H3. The highest BCUT2D eigenvalue weighted by atomic mass is 16.5. The van der Waals surface area contributed by atoms with Crippen LogP contribution in [-0.4, -0.2) is 16.5 Å². The number of pyridine rings is 2. The molecule has 0 unspecified atom stereocenters. The normalized spacial score (nSPS) is 10.8. The second kappa shape index (κ2) is 5.89. The van der Waals surface area contributed by atoms with Gasteiger partial charge in [-0.1, -0.05) is 6.07 Å². The van der Waals surface area contributed by atoms with Gasteiger partial charge in [-0.15, -0.1) is 0 Å². The Hall–Kier alpha value is -2.46. The summed E-state index contributed by atoms with van der Waals surface area (Å²) in [7, 11) is 0. The first-order valence-electron chi connectivity index (χ1n) is 6.95. The van der Waals surface area contributed by atoms with Crippen LogP contribution >= 0.6 is 0 Å². The Kier molecular flexibility index (Phi) is 3.79.